The van der Waals surface area contributed by atoms with E-state index in [1.807, 2.05) is 18.2 Å². The number of rotatable bonds is 7. The average molecular weight is 467 g/mol. The second-order valence-corrected chi connectivity index (χ2v) is 8.73. The lowest BCUT2D eigenvalue weighted by Crippen LogP contribution is -3.00. The van der Waals surface area contributed by atoms with Gasteiger partial charge in [-0.15, -0.1) is 11.3 Å². The molecule has 0 amide bonds. The highest BCUT2D eigenvalue weighted by atomic mass is 79.9. The summed E-state index contributed by atoms with van der Waals surface area (Å²) in [7, 11) is 5.39. The van der Waals surface area contributed by atoms with Crippen molar-refractivity contribution in [2.75, 3.05) is 40.9 Å². The number of hydrogen-bond acceptors (Lipinski definition) is 5. The van der Waals surface area contributed by atoms with Gasteiger partial charge >= 0.3 is 0 Å². The van der Waals surface area contributed by atoms with Crippen LogP contribution >= 0.6 is 11.3 Å². The summed E-state index contributed by atoms with van der Waals surface area (Å²) in [6.07, 6.45) is 3.73. The van der Waals surface area contributed by atoms with Crippen LogP contribution in [0.1, 0.15) is 35.4 Å². The summed E-state index contributed by atoms with van der Waals surface area (Å²) in [5, 5.41) is 9.97. The third-order valence-corrected chi connectivity index (χ3v) is 6.82. The number of carbonyl (C=O) groups excluding carboxylic acids is 1. The minimum atomic E-state index is 0. The molecule has 0 saturated carbocycles. The third kappa shape index (κ3) is 5.05. The Morgan fingerprint density at radius 1 is 1.21 bits per heavy atom. The molecule has 3 rings (SSSR count). The summed E-state index contributed by atoms with van der Waals surface area (Å²) in [5.74, 6) is 2.18. The molecule has 2 heterocycles. The zero-order chi connectivity index (χ0) is 19.4. The van der Waals surface area contributed by atoms with E-state index in [9.17, 15) is 4.79 Å². The molecule has 1 aromatic carbocycles. The van der Waals surface area contributed by atoms with Gasteiger partial charge in [-0.1, -0.05) is 0 Å². The first kappa shape index (κ1) is 22.7. The lowest BCUT2D eigenvalue weighted by Gasteiger charge is -2.38. The normalized spacial score (nSPS) is 21.6. The molecule has 7 heteroatoms. The number of fused-ring (bicyclic) bond motifs is 1. The number of quaternary nitrogens is 1. The highest BCUT2D eigenvalue weighted by Crippen LogP contribution is 2.37. The Morgan fingerprint density at radius 2 is 1.86 bits per heavy atom. The highest BCUT2D eigenvalue weighted by Gasteiger charge is 2.30. The van der Waals surface area contributed by atoms with Crippen LogP contribution in [0.4, 0.5) is 0 Å². The number of halogens is 1. The molecular weight excluding hydrogens is 440 g/mol. The lowest BCUT2D eigenvalue weighted by atomic mass is 9.90. The number of ether oxygens (including phenoxy) is 2. The Labute approximate surface area is 181 Å². The number of thiophene rings is 1. The van der Waals surface area contributed by atoms with Crippen molar-refractivity contribution in [3.8, 4) is 17.6 Å². The smallest absolute Gasteiger partial charge is 0.172 e. The van der Waals surface area contributed by atoms with E-state index >= 15 is 0 Å². The molecule has 0 aliphatic carbocycles. The first-order valence-corrected chi connectivity index (χ1v) is 10.2. The fourth-order valence-electron chi connectivity index (χ4n) is 3.82. The molecule has 1 saturated heterocycles. The average Bonchev–Trinajstić information content (AvgIpc) is 3.09. The number of hydrogen-bond donors (Lipinski definition) is 0. The monoisotopic (exact) mass is 466 g/mol. The van der Waals surface area contributed by atoms with E-state index < -0.39 is 0 Å². The number of methoxy groups -OCH3 is 2. The van der Waals surface area contributed by atoms with Gasteiger partial charge in [0.2, 0.25) is 0 Å². The van der Waals surface area contributed by atoms with Crippen molar-refractivity contribution in [2.45, 2.75) is 25.7 Å². The van der Waals surface area contributed by atoms with Gasteiger partial charge in [0.25, 0.3) is 0 Å². The maximum absolute atomic E-state index is 12.7. The Bertz CT molecular complexity index is 825. The van der Waals surface area contributed by atoms with Crippen LogP contribution in [0.2, 0.25) is 0 Å². The van der Waals surface area contributed by atoms with Gasteiger partial charge in [0, 0.05) is 17.2 Å². The van der Waals surface area contributed by atoms with E-state index in [4.69, 9.17) is 14.7 Å². The predicted octanol–water partition coefficient (Wildman–Crippen LogP) is 1.27. The topological polar surface area (TPSA) is 59.3 Å². The molecule has 0 atom stereocenters. The number of carbonyl (C=O) groups is 1. The van der Waals surface area contributed by atoms with Crippen LogP contribution in [0.5, 0.6) is 11.5 Å². The van der Waals surface area contributed by atoms with Crippen molar-refractivity contribution in [1.82, 2.24) is 0 Å². The molecule has 0 bridgehead atoms. The van der Waals surface area contributed by atoms with Crippen molar-refractivity contribution in [3.63, 3.8) is 0 Å². The summed E-state index contributed by atoms with van der Waals surface area (Å²) in [6.45, 7) is 2.66. The predicted molar refractivity (Wildman–Crippen MR) is 108 cm³/mol. The SMILES string of the molecule is COc1cc2cc(C(=O)CCC3CC[N+](C)(CC#N)CC3)sc2cc1OC.[Br-]. The van der Waals surface area contributed by atoms with Crippen molar-refractivity contribution in [2.24, 2.45) is 5.92 Å². The van der Waals surface area contributed by atoms with Crippen LogP contribution in [0, 0.1) is 17.2 Å². The number of ketones is 1. The van der Waals surface area contributed by atoms with Crippen LogP contribution in [0.3, 0.4) is 0 Å². The van der Waals surface area contributed by atoms with E-state index in [-0.39, 0.29) is 22.8 Å². The summed E-state index contributed by atoms with van der Waals surface area (Å²) >= 11 is 1.52. The molecule has 5 nitrogen and oxygen atoms in total. The van der Waals surface area contributed by atoms with E-state index in [0.29, 0.717) is 30.4 Å². The molecule has 0 unspecified atom stereocenters. The third-order valence-electron chi connectivity index (χ3n) is 5.68. The fraction of sp³-hybridized carbons (Fsp3) is 0.524. The Hall–Kier alpha value is -1.62. The molecule has 1 aliphatic rings. The zero-order valence-electron chi connectivity index (χ0n) is 16.7. The van der Waals surface area contributed by atoms with E-state index in [1.165, 1.54) is 11.3 Å². The van der Waals surface area contributed by atoms with E-state index in [1.54, 1.807) is 14.2 Å². The van der Waals surface area contributed by atoms with Gasteiger partial charge in [-0.05, 0) is 42.7 Å². The summed E-state index contributed by atoms with van der Waals surface area (Å²) < 4.78 is 12.6. The molecule has 1 aliphatic heterocycles. The number of benzene rings is 1. The van der Waals surface area contributed by atoms with Gasteiger partial charge in [0.1, 0.15) is 6.07 Å². The van der Waals surface area contributed by atoms with Gasteiger partial charge in [-0.3, -0.25) is 4.79 Å². The second-order valence-electron chi connectivity index (χ2n) is 7.64. The number of likely N-dealkylation sites (tertiary alicyclic amines) is 1. The summed E-state index contributed by atoms with van der Waals surface area (Å²) in [5.41, 5.74) is 0. The van der Waals surface area contributed by atoms with Crippen molar-refractivity contribution < 1.29 is 35.7 Å². The van der Waals surface area contributed by atoms with Crippen molar-refractivity contribution in [1.29, 1.82) is 5.26 Å². The first-order chi connectivity index (χ1) is 13.0. The van der Waals surface area contributed by atoms with Crippen LogP contribution in [0.15, 0.2) is 18.2 Å². The Kier molecular flexibility index (Phi) is 7.87. The molecule has 152 valence electrons. The highest BCUT2D eigenvalue weighted by molar-refractivity contribution is 7.20. The van der Waals surface area contributed by atoms with Crippen molar-refractivity contribution >= 4 is 27.2 Å². The van der Waals surface area contributed by atoms with Gasteiger partial charge in [-0.25, -0.2) is 0 Å². The maximum Gasteiger partial charge on any atom is 0.172 e. The van der Waals surface area contributed by atoms with Crippen molar-refractivity contribution in [3.05, 3.63) is 23.1 Å². The minimum absolute atomic E-state index is 0. The Balaban J connectivity index is 0.00000280. The number of Topliss-reactive ketones (excluding diaryl/α,β-unsaturated/α-hetero) is 1. The molecule has 2 aromatic rings. The largest absolute Gasteiger partial charge is 1.00 e. The summed E-state index contributed by atoms with van der Waals surface area (Å²) in [4.78, 5) is 13.5. The Morgan fingerprint density at radius 3 is 2.46 bits per heavy atom. The molecule has 0 N–H and O–H groups in total. The second kappa shape index (κ2) is 9.73. The lowest BCUT2D eigenvalue weighted by molar-refractivity contribution is -0.908. The van der Waals surface area contributed by atoms with Gasteiger partial charge in [0.05, 0.1) is 39.2 Å². The van der Waals surface area contributed by atoms with Gasteiger partial charge in [-0.2, -0.15) is 5.26 Å². The fourth-order valence-corrected chi connectivity index (χ4v) is 4.86. The quantitative estimate of drug-likeness (QED) is 0.350. The van der Waals surface area contributed by atoms with Crippen LogP contribution in [0.25, 0.3) is 10.1 Å². The molecule has 0 spiro atoms. The molecule has 28 heavy (non-hydrogen) atoms. The molecule has 0 radical (unpaired) electrons. The summed E-state index contributed by atoms with van der Waals surface area (Å²) in [6, 6.07) is 8.12. The number of nitriles is 1. The van der Waals surface area contributed by atoms with E-state index in [0.717, 1.165) is 51.8 Å². The molecular formula is C21H27BrN2O3S. The first-order valence-electron chi connectivity index (χ1n) is 9.37. The van der Waals surface area contributed by atoms with Crippen LogP contribution in [-0.2, 0) is 0 Å². The minimum Gasteiger partial charge on any atom is -1.00 e. The molecule has 1 fully saturated rings. The molecule has 1 aromatic heterocycles. The zero-order valence-corrected chi connectivity index (χ0v) is 19.1. The van der Waals surface area contributed by atoms with Gasteiger partial charge < -0.3 is 30.9 Å². The van der Waals surface area contributed by atoms with E-state index in [2.05, 4.69) is 13.1 Å². The number of piperidine rings is 1. The van der Waals surface area contributed by atoms with Crippen LogP contribution in [-0.4, -0.2) is 51.2 Å². The van der Waals surface area contributed by atoms with Crippen LogP contribution < -0.4 is 26.5 Å². The number of nitrogens with zero attached hydrogens (tertiary/aromatic N) is 2. The maximum atomic E-state index is 12.7. The standard InChI is InChI=1S/C21H27N2O3S.BrH/c1-23(11-8-22)9-6-15(7-10-23)4-5-17(24)21-13-16-12-18(25-2)19(26-3)14-20(16)27-21;/h12-15H,4-7,9-11H2,1-3H3;1H/q+1;/p-1. The van der Waals surface area contributed by atoms with Gasteiger partial charge in [0.15, 0.2) is 23.8 Å².